The predicted molar refractivity (Wildman–Crippen MR) is 29.8 cm³/mol. The summed E-state index contributed by atoms with van der Waals surface area (Å²) in [6, 6.07) is 0. The second-order valence-electron chi connectivity index (χ2n) is 1.71. The molecule has 0 spiro atoms. The van der Waals surface area contributed by atoms with Crippen LogP contribution in [0.1, 0.15) is 39.5 Å². The minimum absolute atomic E-state index is 0. The van der Waals surface area contributed by atoms with E-state index in [0.717, 1.165) is 0 Å². The van der Waals surface area contributed by atoms with Crippen molar-refractivity contribution in [3.63, 3.8) is 0 Å². The zero-order valence-electron chi connectivity index (χ0n) is 5.21. The molecule has 0 aliphatic heterocycles. The molecular formula is C6H14Mn. The first-order valence-electron chi connectivity index (χ1n) is 2.91. The van der Waals surface area contributed by atoms with Crippen molar-refractivity contribution in [1.29, 1.82) is 0 Å². The molecule has 0 unspecified atom stereocenters. The molecule has 0 amide bonds. The minimum atomic E-state index is 0. The summed E-state index contributed by atoms with van der Waals surface area (Å²) >= 11 is 0. The van der Waals surface area contributed by atoms with Gasteiger partial charge in [0.25, 0.3) is 0 Å². The Hall–Kier alpha value is 0.519. The van der Waals surface area contributed by atoms with Gasteiger partial charge in [0.1, 0.15) is 0 Å². The fourth-order valence-corrected chi connectivity index (χ4v) is 0.500. The van der Waals surface area contributed by atoms with Gasteiger partial charge in [0.05, 0.1) is 0 Å². The van der Waals surface area contributed by atoms with Crippen LogP contribution in [-0.4, -0.2) is 0 Å². The number of unbranched alkanes of at least 4 members (excludes halogenated alkanes) is 3. The topological polar surface area (TPSA) is 0 Å². The van der Waals surface area contributed by atoms with Gasteiger partial charge in [0, 0.05) is 17.1 Å². The van der Waals surface area contributed by atoms with Crippen LogP contribution < -0.4 is 0 Å². The molecule has 0 aromatic rings. The van der Waals surface area contributed by atoms with E-state index in [1.807, 2.05) is 0 Å². The Kier molecular flexibility index (Phi) is 14.6. The molecule has 0 atom stereocenters. The van der Waals surface area contributed by atoms with Gasteiger partial charge in [-0.05, 0) is 0 Å². The SMILES string of the molecule is CCCCCC.[Mn]. The molecule has 0 fully saturated rings. The van der Waals surface area contributed by atoms with E-state index in [2.05, 4.69) is 13.8 Å². The summed E-state index contributed by atoms with van der Waals surface area (Å²) in [4.78, 5) is 0. The molecule has 0 saturated heterocycles. The molecule has 0 aliphatic carbocycles. The first-order valence-corrected chi connectivity index (χ1v) is 2.91. The molecule has 0 nitrogen and oxygen atoms in total. The van der Waals surface area contributed by atoms with Crippen molar-refractivity contribution in [3.8, 4) is 0 Å². The second kappa shape index (κ2) is 9.72. The van der Waals surface area contributed by atoms with Crippen molar-refractivity contribution in [2.75, 3.05) is 0 Å². The number of hydrogen-bond acceptors (Lipinski definition) is 0. The summed E-state index contributed by atoms with van der Waals surface area (Å²) in [7, 11) is 0. The van der Waals surface area contributed by atoms with Crippen LogP contribution >= 0.6 is 0 Å². The van der Waals surface area contributed by atoms with Gasteiger partial charge in [0.15, 0.2) is 0 Å². The standard InChI is InChI=1S/C6H14.Mn/c1-3-5-6-4-2;/h3-6H2,1-2H3;. The van der Waals surface area contributed by atoms with Gasteiger partial charge in [-0.1, -0.05) is 39.5 Å². The van der Waals surface area contributed by atoms with Crippen molar-refractivity contribution in [2.45, 2.75) is 39.5 Å². The first kappa shape index (κ1) is 10.5. The van der Waals surface area contributed by atoms with Gasteiger partial charge in [-0.2, -0.15) is 0 Å². The Morgan fingerprint density at radius 2 is 1.14 bits per heavy atom. The van der Waals surface area contributed by atoms with Crippen molar-refractivity contribution < 1.29 is 17.1 Å². The average Bonchev–Trinajstić information content (AvgIpc) is 1.61. The first-order chi connectivity index (χ1) is 2.91. The van der Waals surface area contributed by atoms with Crippen molar-refractivity contribution in [3.05, 3.63) is 0 Å². The van der Waals surface area contributed by atoms with E-state index in [9.17, 15) is 0 Å². The van der Waals surface area contributed by atoms with Crippen LogP contribution in [-0.2, 0) is 17.1 Å². The quantitative estimate of drug-likeness (QED) is 0.418. The third-order valence-corrected chi connectivity index (χ3v) is 0.957. The Bertz CT molecular complexity index is 16.1. The van der Waals surface area contributed by atoms with Crippen molar-refractivity contribution in [2.24, 2.45) is 0 Å². The number of rotatable bonds is 3. The maximum Gasteiger partial charge on any atom is 0 e. The molecule has 0 N–H and O–H groups in total. The van der Waals surface area contributed by atoms with Crippen LogP contribution in [0.2, 0.25) is 0 Å². The van der Waals surface area contributed by atoms with Gasteiger partial charge in [-0.15, -0.1) is 0 Å². The zero-order chi connectivity index (χ0) is 4.83. The maximum atomic E-state index is 2.23. The Labute approximate surface area is 57.2 Å². The summed E-state index contributed by atoms with van der Waals surface area (Å²) < 4.78 is 0. The normalized spacial score (nSPS) is 7.71. The summed E-state index contributed by atoms with van der Waals surface area (Å²) in [6.07, 6.45) is 5.54. The second-order valence-corrected chi connectivity index (χ2v) is 1.71. The van der Waals surface area contributed by atoms with Crippen LogP contribution in [0.5, 0.6) is 0 Å². The van der Waals surface area contributed by atoms with E-state index >= 15 is 0 Å². The van der Waals surface area contributed by atoms with E-state index in [4.69, 9.17) is 0 Å². The third-order valence-electron chi connectivity index (χ3n) is 0.957. The molecule has 0 heterocycles. The van der Waals surface area contributed by atoms with Crippen LogP contribution in [0.25, 0.3) is 0 Å². The molecule has 0 aromatic carbocycles. The van der Waals surface area contributed by atoms with Crippen LogP contribution in [0.15, 0.2) is 0 Å². The summed E-state index contributed by atoms with van der Waals surface area (Å²) in [5.74, 6) is 0. The van der Waals surface area contributed by atoms with Crippen LogP contribution in [0, 0.1) is 0 Å². The third kappa shape index (κ3) is 10.8. The smallest absolute Gasteiger partial charge is 0 e. The van der Waals surface area contributed by atoms with E-state index in [0.29, 0.717) is 0 Å². The van der Waals surface area contributed by atoms with Gasteiger partial charge in [0.2, 0.25) is 0 Å². The predicted octanol–water partition coefficient (Wildman–Crippen LogP) is 2.58. The van der Waals surface area contributed by atoms with E-state index in [1.54, 1.807) is 0 Å². The van der Waals surface area contributed by atoms with Crippen molar-refractivity contribution >= 4 is 0 Å². The molecule has 7 heavy (non-hydrogen) atoms. The van der Waals surface area contributed by atoms with Gasteiger partial charge in [-0.25, -0.2) is 0 Å². The molecule has 45 valence electrons. The maximum absolute atomic E-state index is 2.23. The van der Waals surface area contributed by atoms with E-state index in [1.165, 1.54) is 25.7 Å². The van der Waals surface area contributed by atoms with Gasteiger partial charge in [-0.3, -0.25) is 0 Å². The summed E-state index contributed by atoms with van der Waals surface area (Å²) in [5.41, 5.74) is 0. The Morgan fingerprint density at radius 3 is 1.29 bits per heavy atom. The van der Waals surface area contributed by atoms with E-state index < -0.39 is 0 Å². The monoisotopic (exact) mass is 141 g/mol. The van der Waals surface area contributed by atoms with Gasteiger partial charge >= 0.3 is 0 Å². The average molecular weight is 141 g/mol. The molecule has 1 heteroatoms. The fourth-order valence-electron chi connectivity index (χ4n) is 0.500. The molecule has 0 bridgehead atoms. The zero-order valence-corrected chi connectivity index (χ0v) is 6.39. The summed E-state index contributed by atoms with van der Waals surface area (Å²) in [5, 5.41) is 0. The molecular weight excluding hydrogens is 127 g/mol. The molecule has 0 aliphatic rings. The summed E-state index contributed by atoms with van der Waals surface area (Å²) in [6.45, 7) is 4.46. The van der Waals surface area contributed by atoms with Crippen molar-refractivity contribution in [1.82, 2.24) is 0 Å². The van der Waals surface area contributed by atoms with Gasteiger partial charge < -0.3 is 0 Å². The number of hydrogen-bond donors (Lipinski definition) is 0. The van der Waals surface area contributed by atoms with Crippen LogP contribution in [0.4, 0.5) is 0 Å². The van der Waals surface area contributed by atoms with Crippen LogP contribution in [0.3, 0.4) is 0 Å². The minimum Gasteiger partial charge on any atom is -0.0654 e. The molecule has 0 saturated carbocycles. The largest absolute Gasteiger partial charge is 0.0654 e. The van der Waals surface area contributed by atoms with E-state index in [-0.39, 0.29) is 17.1 Å². The molecule has 1 radical (unpaired) electrons. The Morgan fingerprint density at radius 1 is 0.857 bits per heavy atom. The fraction of sp³-hybridized carbons (Fsp3) is 1.00. The molecule has 0 rings (SSSR count). The Balaban J connectivity index is 0. The molecule has 0 aromatic heterocycles.